The zero-order valence-electron chi connectivity index (χ0n) is 31.0. The van der Waals surface area contributed by atoms with Crippen LogP contribution in [0.5, 0.6) is 0 Å². The monoisotopic (exact) mass is 745 g/mol. The predicted octanol–water partition coefficient (Wildman–Crippen LogP) is 16.1. The molecule has 2 aromatic heterocycles. The number of nitrogens with zero attached hydrogens (tertiary/aromatic N) is 1. The number of hydrogen-bond acceptors (Lipinski definition) is 3. The maximum absolute atomic E-state index is 6.71. The van der Waals surface area contributed by atoms with Crippen molar-refractivity contribution in [1.82, 2.24) is 0 Å². The molecule has 0 unspecified atom stereocenters. The number of para-hydroxylation sites is 2. The normalized spacial score (nSPS) is 11.5. The van der Waals surface area contributed by atoms with Crippen molar-refractivity contribution in [3.05, 3.63) is 212 Å². The number of thiophene rings is 1. The van der Waals surface area contributed by atoms with Crippen molar-refractivity contribution in [2.45, 2.75) is 0 Å². The predicted molar refractivity (Wildman–Crippen MR) is 243 cm³/mol. The first-order chi connectivity index (χ1) is 28.3. The van der Waals surface area contributed by atoms with Crippen molar-refractivity contribution in [2.24, 2.45) is 0 Å². The van der Waals surface area contributed by atoms with Crippen LogP contribution >= 0.6 is 11.3 Å². The molecule has 0 N–H and O–H groups in total. The number of hydrogen-bond donors (Lipinski definition) is 0. The lowest BCUT2D eigenvalue weighted by Gasteiger charge is -2.27. The standard InChI is InChI=1S/C54H35NOS/c1-3-14-36(15-4-1)42-18-7-8-19-43(42)38-26-29-40(30-27-38)55(50-23-13-22-47-45-20-9-11-24-51(45)56-54(47)50)41-31-32-44(37-16-5-2-6-17-37)48(35-41)39-28-33-53-49(34-39)46-21-10-12-25-52(46)57-53/h1-35H. The highest BCUT2D eigenvalue weighted by molar-refractivity contribution is 7.25. The summed E-state index contributed by atoms with van der Waals surface area (Å²) in [6.45, 7) is 0. The van der Waals surface area contributed by atoms with Crippen LogP contribution in [-0.4, -0.2) is 0 Å². The van der Waals surface area contributed by atoms with E-state index in [0.29, 0.717) is 0 Å². The molecule has 0 fully saturated rings. The number of furan rings is 1. The molecule has 0 spiro atoms. The van der Waals surface area contributed by atoms with Gasteiger partial charge in [-0.2, -0.15) is 0 Å². The Hall–Kier alpha value is -7.20. The van der Waals surface area contributed by atoms with Gasteiger partial charge >= 0.3 is 0 Å². The van der Waals surface area contributed by atoms with E-state index in [0.717, 1.165) is 44.6 Å². The summed E-state index contributed by atoms with van der Waals surface area (Å²) >= 11 is 1.85. The zero-order chi connectivity index (χ0) is 37.7. The highest BCUT2D eigenvalue weighted by Crippen LogP contribution is 2.46. The Morgan fingerprint density at radius 3 is 1.65 bits per heavy atom. The number of benzene rings is 9. The maximum Gasteiger partial charge on any atom is 0.159 e. The third-order valence-electron chi connectivity index (χ3n) is 11.1. The quantitative estimate of drug-likeness (QED) is 0.162. The molecule has 11 rings (SSSR count). The van der Waals surface area contributed by atoms with Crippen LogP contribution < -0.4 is 4.90 Å². The van der Waals surface area contributed by atoms with Gasteiger partial charge in [0.25, 0.3) is 0 Å². The second kappa shape index (κ2) is 13.8. The summed E-state index contributed by atoms with van der Waals surface area (Å²) in [5, 5.41) is 4.78. The van der Waals surface area contributed by atoms with Crippen molar-refractivity contribution < 1.29 is 4.42 Å². The fraction of sp³-hybridized carbons (Fsp3) is 0. The average molecular weight is 746 g/mol. The van der Waals surface area contributed by atoms with Crippen molar-refractivity contribution >= 4 is 70.5 Å². The van der Waals surface area contributed by atoms with Gasteiger partial charge in [-0.05, 0) is 99.1 Å². The van der Waals surface area contributed by atoms with E-state index in [-0.39, 0.29) is 0 Å². The van der Waals surface area contributed by atoms with E-state index in [1.165, 1.54) is 59.1 Å². The molecule has 0 aliphatic heterocycles. The molecule has 0 amide bonds. The van der Waals surface area contributed by atoms with Crippen molar-refractivity contribution in [2.75, 3.05) is 4.90 Å². The topological polar surface area (TPSA) is 16.4 Å². The highest BCUT2D eigenvalue weighted by Gasteiger charge is 2.22. The van der Waals surface area contributed by atoms with Crippen LogP contribution in [0.2, 0.25) is 0 Å². The van der Waals surface area contributed by atoms with Gasteiger partial charge in [0.1, 0.15) is 5.58 Å². The smallest absolute Gasteiger partial charge is 0.159 e. The lowest BCUT2D eigenvalue weighted by molar-refractivity contribution is 0.669. The van der Waals surface area contributed by atoms with Crippen LogP contribution in [-0.2, 0) is 0 Å². The molecule has 0 bridgehead atoms. The molecule has 0 aliphatic rings. The van der Waals surface area contributed by atoms with Crippen LogP contribution in [0.15, 0.2) is 217 Å². The minimum absolute atomic E-state index is 0.858. The van der Waals surface area contributed by atoms with Crippen LogP contribution in [0.3, 0.4) is 0 Å². The van der Waals surface area contributed by atoms with Crippen LogP contribution in [0.25, 0.3) is 86.6 Å². The Balaban J connectivity index is 1.12. The van der Waals surface area contributed by atoms with E-state index in [9.17, 15) is 0 Å². The lowest BCUT2D eigenvalue weighted by Crippen LogP contribution is -2.10. The molecule has 0 atom stereocenters. The first kappa shape index (κ1) is 33.2. The molecule has 0 saturated carbocycles. The van der Waals surface area contributed by atoms with Gasteiger partial charge in [-0.25, -0.2) is 0 Å². The molecular weight excluding hydrogens is 711 g/mol. The van der Waals surface area contributed by atoms with Gasteiger partial charge in [-0.3, -0.25) is 0 Å². The lowest BCUT2D eigenvalue weighted by atomic mass is 9.92. The Labute approximate surface area is 335 Å². The molecule has 3 heteroatoms. The van der Waals surface area contributed by atoms with Gasteiger partial charge in [0.2, 0.25) is 0 Å². The zero-order valence-corrected chi connectivity index (χ0v) is 31.8. The second-order valence-corrected chi connectivity index (χ2v) is 15.5. The Bertz CT molecular complexity index is 3230. The maximum atomic E-state index is 6.71. The summed E-state index contributed by atoms with van der Waals surface area (Å²) < 4.78 is 9.32. The minimum atomic E-state index is 0.858. The molecule has 0 radical (unpaired) electrons. The molecule has 0 saturated heterocycles. The van der Waals surface area contributed by atoms with E-state index in [4.69, 9.17) is 4.42 Å². The molecule has 2 heterocycles. The van der Waals surface area contributed by atoms with Crippen molar-refractivity contribution in [3.63, 3.8) is 0 Å². The van der Waals surface area contributed by atoms with Gasteiger partial charge < -0.3 is 9.32 Å². The largest absolute Gasteiger partial charge is 0.454 e. The third-order valence-corrected chi connectivity index (χ3v) is 12.3. The Morgan fingerprint density at radius 1 is 0.333 bits per heavy atom. The van der Waals surface area contributed by atoms with E-state index >= 15 is 0 Å². The number of fused-ring (bicyclic) bond motifs is 6. The van der Waals surface area contributed by atoms with Crippen LogP contribution in [0.4, 0.5) is 17.1 Å². The molecule has 57 heavy (non-hydrogen) atoms. The van der Waals surface area contributed by atoms with Crippen LogP contribution in [0, 0.1) is 0 Å². The minimum Gasteiger partial charge on any atom is -0.454 e. The third kappa shape index (κ3) is 5.80. The van der Waals surface area contributed by atoms with Gasteiger partial charge in [-0.1, -0.05) is 158 Å². The average Bonchev–Trinajstić information content (AvgIpc) is 3.86. The summed E-state index contributed by atoms with van der Waals surface area (Å²) in [4.78, 5) is 2.36. The SMILES string of the molecule is c1ccc(-c2ccccc2-c2ccc(N(c3ccc(-c4ccccc4)c(-c4ccc5sc6ccccc6c5c4)c3)c3cccc4c3oc3ccccc34)cc2)cc1. The fourth-order valence-corrected chi connectivity index (χ4v) is 9.49. The van der Waals surface area contributed by atoms with E-state index in [1.807, 2.05) is 17.4 Å². The fourth-order valence-electron chi connectivity index (χ4n) is 8.40. The molecule has 0 aliphatic carbocycles. The van der Waals surface area contributed by atoms with Crippen LogP contribution in [0.1, 0.15) is 0 Å². The summed E-state index contributed by atoms with van der Waals surface area (Å²) in [7, 11) is 0. The number of anilines is 3. The van der Waals surface area contributed by atoms with Gasteiger partial charge in [0, 0.05) is 42.3 Å². The first-order valence-corrected chi connectivity index (χ1v) is 20.1. The van der Waals surface area contributed by atoms with Crippen molar-refractivity contribution in [1.29, 1.82) is 0 Å². The van der Waals surface area contributed by atoms with E-state index < -0.39 is 0 Å². The molecule has 2 nitrogen and oxygen atoms in total. The second-order valence-electron chi connectivity index (χ2n) is 14.5. The summed E-state index contributed by atoms with van der Waals surface area (Å²) in [6.07, 6.45) is 0. The molecule has 9 aromatic carbocycles. The van der Waals surface area contributed by atoms with Gasteiger partial charge in [-0.15, -0.1) is 11.3 Å². The molecular formula is C54H35NOS. The van der Waals surface area contributed by atoms with E-state index in [2.05, 4.69) is 211 Å². The first-order valence-electron chi connectivity index (χ1n) is 19.3. The molecule has 268 valence electrons. The summed E-state index contributed by atoms with van der Waals surface area (Å²) in [5.41, 5.74) is 14.3. The van der Waals surface area contributed by atoms with E-state index in [1.54, 1.807) is 0 Å². The molecule has 11 aromatic rings. The highest BCUT2D eigenvalue weighted by atomic mass is 32.1. The summed E-state index contributed by atoms with van der Waals surface area (Å²) in [6, 6.07) is 76.4. The Morgan fingerprint density at radius 2 is 0.895 bits per heavy atom. The van der Waals surface area contributed by atoms with Crippen molar-refractivity contribution in [3.8, 4) is 44.5 Å². The summed E-state index contributed by atoms with van der Waals surface area (Å²) in [5.74, 6) is 0. The van der Waals surface area contributed by atoms with Gasteiger partial charge in [0.15, 0.2) is 5.58 Å². The number of rotatable bonds is 7. The Kier molecular flexibility index (Phi) is 8.04. The van der Waals surface area contributed by atoms with Gasteiger partial charge in [0.05, 0.1) is 5.69 Å².